The van der Waals surface area contributed by atoms with Crippen LogP contribution in [-0.4, -0.2) is 59.9 Å². The summed E-state index contributed by atoms with van der Waals surface area (Å²) < 4.78 is 0. The van der Waals surface area contributed by atoms with Crippen molar-refractivity contribution in [1.29, 1.82) is 0 Å². The highest BCUT2D eigenvalue weighted by Gasteiger charge is 2.29. The molecule has 2 N–H and O–H groups in total. The Balaban J connectivity index is 1.52. The highest BCUT2D eigenvalue weighted by atomic mass is 16.2. The van der Waals surface area contributed by atoms with Crippen molar-refractivity contribution in [2.24, 2.45) is 0 Å². The van der Waals surface area contributed by atoms with Gasteiger partial charge in [-0.25, -0.2) is 0 Å². The molecule has 2 aliphatic heterocycles. The molecule has 7 heteroatoms. The smallest absolute Gasteiger partial charge is 0.258 e. The first-order valence-corrected chi connectivity index (χ1v) is 11.3. The zero-order valence-electron chi connectivity index (χ0n) is 17.8. The van der Waals surface area contributed by atoms with Crippen LogP contribution in [0.3, 0.4) is 0 Å². The monoisotopic (exact) mass is 414 g/mol. The van der Waals surface area contributed by atoms with Gasteiger partial charge in [-0.2, -0.15) is 0 Å². The molecule has 30 heavy (non-hydrogen) atoms. The van der Waals surface area contributed by atoms with Gasteiger partial charge in [0, 0.05) is 45.6 Å². The van der Waals surface area contributed by atoms with E-state index in [0.717, 1.165) is 63.8 Å². The van der Waals surface area contributed by atoms with Crippen LogP contribution in [0.15, 0.2) is 30.3 Å². The SMILES string of the molecule is O=C(CCC(=O)N1CCCCC1)NC(C(=O)NCc1ccccc1)N1CCCCC1. The van der Waals surface area contributed by atoms with Crippen molar-refractivity contribution in [3.05, 3.63) is 35.9 Å². The quantitative estimate of drug-likeness (QED) is 0.682. The Morgan fingerprint density at radius 1 is 0.833 bits per heavy atom. The average Bonchev–Trinajstić information content (AvgIpc) is 2.81. The van der Waals surface area contributed by atoms with Crippen molar-refractivity contribution in [3.8, 4) is 0 Å². The highest BCUT2D eigenvalue weighted by molar-refractivity contribution is 5.89. The number of hydrogen-bond acceptors (Lipinski definition) is 4. The second-order valence-electron chi connectivity index (χ2n) is 8.21. The van der Waals surface area contributed by atoms with Gasteiger partial charge in [-0.1, -0.05) is 36.8 Å². The zero-order chi connectivity index (χ0) is 21.2. The normalized spacial score (nSPS) is 18.5. The number of benzene rings is 1. The van der Waals surface area contributed by atoms with Crippen LogP contribution in [-0.2, 0) is 20.9 Å². The van der Waals surface area contributed by atoms with Gasteiger partial charge < -0.3 is 15.5 Å². The molecule has 1 aromatic rings. The molecule has 2 saturated heterocycles. The fourth-order valence-electron chi connectivity index (χ4n) is 4.13. The number of likely N-dealkylation sites (tertiary alicyclic amines) is 2. The van der Waals surface area contributed by atoms with Gasteiger partial charge in [0.15, 0.2) is 6.17 Å². The lowest BCUT2D eigenvalue weighted by Crippen LogP contribution is -2.57. The zero-order valence-corrected chi connectivity index (χ0v) is 17.8. The maximum atomic E-state index is 12.9. The topological polar surface area (TPSA) is 81.8 Å². The molecule has 2 aliphatic rings. The Morgan fingerprint density at radius 2 is 1.47 bits per heavy atom. The van der Waals surface area contributed by atoms with Gasteiger partial charge in [0.05, 0.1) is 0 Å². The van der Waals surface area contributed by atoms with Crippen LogP contribution < -0.4 is 10.6 Å². The van der Waals surface area contributed by atoms with E-state index in [2.05, 4.69) is 10.6 Å². The molecule has 1 aromatic carbocycles. The van der Waals surface area contributed by atoms with E-state index >= 15 is 0 Å². The fraction of sp³-hybridized carbons (Fsp3) is 0.609. The van der Waals surface area contributed by atoms with Crippen molar-refractivity contribution >= 4 is 17.7 Å². The summed E-state index contributed by atoms with van der Waals surface area (Å²) in [4.78, 5) is 41.7. The van der Waals surface area contributed by atoms with Gasteiger partial charge in [0.2, 0.25) is 11.8 Å². The third kappa shape index (κ3) is 6.83. The molecular weight excluding hydrogens is 380 g/mol. The molecule has 3 rings (SSSR count). The van der Waals surface area contributed by atoms with E-state index in [4.69, 9.17) is 0 Å². The summed E-state index contributed by atoms with van der Waals surface area (Å²) in [7, 11) is 0. The molecule has 2 fully saturated rings. The van der Waals surface area contributed by atoms with E-state index < -0.39 is 6.17 Å². The summed E-state index contributed by atoms with van der Waals surface area (Å²) in [5, 5.41) is 5.83. The predicted molar refractivity (Wildman–Crippen MR) is 115 cm³/mol. The predicted octanol–water partition coefficient (Wildman–Crippen LogP) is 2.02. The number of amides is 3. The van der Waals surface area contributed by atoms with Crippen LogP contribution in [0.5, 0.6) is 0 Å². The molecule has 0 bridgehead atoms. The lowest BCUT2D eigenvalue weighted by atomic mass is 10.1. The molecule has 0 aliphatic carbocycles. The van der Waals surface area contributed by atoms with E-state index in [1.807, 2.05) is 40.1 Å². The lowest BCUT2D eigenvalue weighted by molar-refractivity contribution is -0.136. The van der Waals surface area contributed by atoms with Crippen molar-refractivity contribution in [1.82, 2.24) is 20.4 Å². The number of nitrogens with one attached hydrogen (secondary N) is 2. The Morgan fingerprint density at radius 3 is 2.13 bits per heavy atom. The third-order valence-electron chi connectivity index (χ3n) is 5.89. The second-order valence-corrected chi connectivity index (χ2v) is 8.21. The Hall–Kier alpha value is -2.41. The Labute approximate surface area is 179 Å². The third-order valence-corrected chi connectivity index (χ3v) is 5.89. The average molecular weight is 415 g/mol. The first-order chi connectivity index (χ1) is 14.6. The molecule has 7 nitrogen and oxygen atoms in total. The van der Waals surface area contributed by atoms with E-state index in [9.17, 15) is 14.4 Å². The number of carbonyl (C=O) groups is 3. The molecule has 164 valence electrons. The van der Waals surface area contributed by atoms with Crippen molar-refractivity contribution < 1.29 is 14.4 Å². The summed E-state index contributed by atoms with van der Waals surface area (Å²) in [6.45, 7) is 3.58. The maximum Gasteiger partial charge on any atom is 0.258 e. The van der Waals surface area contributed by atoms with Crippen molar-refractivity contribution in [2.45, 2.75) is 64.1 Å². The van der Waals surface area contributed by atoms with E-state index in [1.54, 1.807) is 0 Å². The molecule has 0 aromatic heterocycles. The summed E-state index contributed by atoms with van der Waals surface area (Å²) in [6.07, 6.45) is 6.06. The van der Waals surface area contributed by atoms with E-state index in [1.165, 1.54) is 6.42 Å². The molecular formula is C23H34N4O3. The highest BCUT2D eigenvalue weighted by Crippen LogP contribution is 2.13. The molecule has 0 radical (unpaired) electrons. The summed E-state index contributed by atoms with van der Waals surface area (Å²) >= 11 is 0. The van der Waals surface area contributed by atoms with Crippen LogP contribution in [0.2, 0.25) is 0 Å². The summed E-state index contributed by atoms with van der Waals surface area (Å²) in [5.41, 5.74) is 1.02. The minimum atomic E-state index is -0.688. The number of rotatable bonds is 8. The minimum Gasteiger partial charge on any atom is -0.349 e. The number of carbonyl (C=O) groups excluding carboxylic acids is 3. The maximum absolute atomic E-state index is 12.9. The van der Waals surface area contributed by atoms with Gasteiger partial charge in [-0.15, -0.1) is 0 Å². The van der Waals surface area contributed by atoms with E-state index in [0.29, 0.717) is 6.54 Å². The van der Waals surface area contributed by atoms with Gasteiger partial charge in [-0.3, -0.25) is 19.3 Å². The molecule has 1 atom stereocenters. The van der Waals surface area contributed by atoms with Crippen LogP contribution in [0, 0.1) is 0 Å². The van der Waals surface area contributed by atoms with Gasteiger partial charge in [-0.05, 0) is 37.7 Å². The van der Waals surface area contributed by atoms with Gasteiger partial charge in [0.25, 0.3) is 5.91 Å². The van der Waals surface area contributed by atoms with Gasteiger partial charge >= 0.3 is 0 Å². The first-order valence-electron chi connectivity index (χ1n) is 11.3. The minimum absolute atomic E-state index is 0.0351. The fourth-order valence-corrected chi connectivity index (χ4v) is 4.13. The molecule has 1 unspecified atom stereocenters. The largest absolute Gasteiger partial charge is 0.349 e. The molecule has 3 amide bonds. The summed E-state index contributed by atoms with van der Waals surface area (Å²) in [5.74, 6) is -0.407. The van der Waals surface area contributed by atoms with Gasteiger partial charge in [0.1, 0.15) is 0 Å². The first kappa shape index (κ1) is 22.3. The van der Waals surface area contributed by atoms with Crippen LogP contribution >= 0.6 is 0 Å². The van der Waals surface area contributed by atoms with Crippen LogP contribution in [0.4, 0.5) is 0 Å². The number of piperidine rings is 2. The van der Waals surface area contributed by atoms with Crippen LogP contribution in [0.1, 0.15) is 56.9 Å². The number of nitrogens with zero attached hydrogens (tertiary/aromatic N) is 2. The van der Waals surface area contributed by atoms with Crippen molar-refractivity contribution in [3.63, 3.8) is 0 Å². The number of hydrogen-bond donors (Lipinski definition) is 2. The summed E-state index contributed by atoms with van der Waals surface area (Å²) in [6, 6.07) is 9.73. The lowest BCUT2D eigenvalue weighted by Gasteiger charge is -2.34. The van der Waals surface area contributed by atoms with E-state index in [-0.39, 0.29) is 30.6 Å². The Kier molecular flexibility index (Phi) is 8.68. The van der Waals surface area contributed by atoms with Crippen LogP contribution in [0.25, 0.3) is 0 Å². The molecule has 0 spiro atoms. The second kappa shape index (κ2) is 11.7. The standard InChI is InChI=1S/C23H34N4O3/c28-20(12-13-21(29)26-14-6-2-7-15-26)25-22(27-16-8-3-9-17-27)23(30)24-18-19-10-4-1-5-11-19/h1,4-5,10-11,22H,2-3,6-9,12-18H2,(H,24,30)(H,25,28). The Bertz CT molecular complexity index is 698. The molecule has 0 saturated carbocycles. The van der Waals surface area contributed by atoms with Crippen molar-refractivity contribution in [2.75, 3.05) is 26.2 Å². The molecule has 2 heterocycles.